The van der Waals surface area contributed by atoms with E-state index in [2.05, 4.69) is 55.3 Å². The molecule has 4 heteroatoms. The van der Waals surface area contributed by atoms with Crippen LogP contribution in [-0.2, 0) is 5.41 Å². The summed E-state index contributed by atoms with van der Waals surface area (Å²) >= 11 is 0. The second-order valence-corrected chi connectivity index (χ2v) is 6.88. The number of hydrogen-bond acceptors (Lipinski definition) is 4. The van der Waals surface area contributed by atoms with E-state index in [1.807, 2.05) is 12.1 Å². The maximum atomic E-state index is 12.2. The molecule has 1 fully saturated rings. The second kappa shape index (κ2) is 6.69. The Morgan fingerprint density at radius 1 is 1.10 bits per heavy atom. The van der Waals surface area contributed by atoms with Crippen LogP contribution in [0.25, 0.3) is 0 Å². The third kappa shape index (κ3) is 4.63. The van der Waals surface area contributed by atoms with E-state index in [1.165, 1.54) is 5.56 Å². The minimum atomic E-state index is 0.125. The van der Waals surface area contributed by atoms with Crippen molar-refractivity contribution in [2.75, 3.05) is 39.8 Å². The molecule has 0 atom stereocenters. The van der Waals surface area contributed by atoms with Crippen LogP contribution in [0.1, 0.15) is 36.7 Å². The van der Waals surface area contributed by atoms with Crippen molar-refractivity contribution in [3.05, 3.63) is 35.4 Å². The summed E-state index contributed by atoms with van der Waals surface area (Å²) in [6.07, 6.45) is 0. The molecular weight excluding hydrogens is 262 g/mol. The minimum absolute atomic E-state index is 0.125. The minimum Gasteiger partial charge on any atom is -0.304 e. The van der Waals surface area contributed by atoms with E-state index in [0.29, 0.717) is 6.54 Å². The topological polar surface area (TPSA) is 35.6 Å². The standard InChI is InChI=1S/C17H27N3O/c1-17(2,3)15-7-5-14(6-8-15)16(21)13-18-20-11-9-19(4)10-12-20/h5-8,18H,9-13H2,1-4H3. The first-order chi connectivity index (χ1) is 9.86. The molecule has 2 rings (SSSR count). The van der Waals surface area contributed by atoms with Crippen LogP contribution >= 0.6 is 0 Å². The molecule has 21 heavy (non-hydrogen) atoms. The Bertz CT molecular complexity index is 468. The molecule has 0 radical (unpaired) electrons. The second-order valence-electron chi connectivity index (χ2n) is 6.88. The van der Waals surface area contributed by atoms with E-state index < -0.39 is 0 Å². The summed E-state index contributed by atoms with van der Waals surface area (Å²) < 4.78 is 0. The predicted octanol–water partition coefficient (Wildman–Crippen LogP) is 1.92. The summed E-state index contributed by atoms with van der Waals surface area (Å²) in [6.45, 7) is 10.9. The van der Waals surface area contributed by atoms with Gasteiger partial charge in [0.15, 0.2) is 5.78 Å². The zero-order valence-electron chi connectivity index (χ0n) is 13.6. The van der Waals surface area contributed by atoms with Gasteiger partial charge in [-0.1, -0.05) is 45.0 Å². The van der Waals surface area contributed by atoms with Gasteiger partial charge in [0.25, 0.3) is 0 Å². The predicted molar refractivity (Wildman–Crippen MR) is 86.5 cm³/mol. The van der Waals surface area contributed by atoms with Crippen molar-refractivity contribution < 1.29 is 4.79 Å². The number of likely N-dealkylation sites (N-methyl/N-ethyl adjacent to an activating group) is 1. The molecule has 1 saturated heterocycles. The van der Waals surface area contributed by atoms with Crippen LogP contribution < -0.4 is 5.43 Å². The van der Waals surface area contributed by atoms with Gasteiger partial charge in [0.1, 0.15) is 0 Å². The zero-order chi connectivity index (χ0) is 15.5. The summed E-state index contributed by atoms with van der Waals surface area (Å²) in [5.41, 5.74) is 5.40. The molecular formula is C17H27N3O. The third-order valence-electron chi connectivity index (χ3n) is 4.04. The van der Waals surface area contributed by atoms with E-state index in [4.69, 9.17) is 0 Å². The molecule has 0 spiro atoms. The van der Waals surface area contributed by atoms with Crippen LogP contribution in [0.2, 0.25) is 0 Å². The molecule has 1 aromatic rings. The highest BCUT2D eigenvalue weighted by atomic mass is 16.1. The molecule has 1 aliphatic heterocycles. The smallest absolute Gasteiger partial charge is 0.178 e. The molecule has 1 aromatic carbocycles. The van der Waals surface area contributed by atoms with Crippen molar-refractivity contribution in [1.82, 2.24) is 15.3 Å². The van der Waals surface area contributed by atoms with E-state index in [0.717, 1.165) is 31.7 Å². The maximum Gasteiger partial charge on any atom is 0.178 e. The van der Waals surface area contributed by atoms with Crippen molar-refractivity contribution in [2.45, 2.75) is 26.2 Å². The molecule has 0 bridgehead atoms. The van der Waals surface area contributed by atoms with Gasteiger partial charge in [-0.15, -0.1) is 0 Å². The number of piperazine rings is 1. The number of hydrazine groups is 1. The quantitative estimate of drug-likeness (QED) is 0.859. The average molecular weight is 289 g/mol. The summed E-state index contributed by atoms with van der Waals surface area (Å²) in [5.74, 6) is 0.148. The summed E-state index contributed by atoms with van der Waals surface area (Å²) in [6, 6.07) is 8.00. The van der Waals surface area contributed by atoms with Gasteiger partial charge in [-0.25, -0.2) is 10.4 Å². The van der Waals surface area contributed by atoms with Crippen LogP contribution in [0.15, 0.2) is 24.3 Å². The van der Waals surface area contributed by atoms with Gasteiger partial charge in [0.05, 0.1) is 6.54 Å². The summed E-state index contributed by atoms with van der Waals surface area (Å²) in [4.78, 5) is 14.5. The SMILES string of the molecule is CN1CCN(NCC(=O)c2ccc(C(C)(C)C)cc2)CC1. The van der Waals surface area contributed by atoms with E-state index in [-0.39, 0.29) is 11.2 Å². The van der Waals surface area contributed by atoms with Gasteiger partial charge in [0, 0.05) is 31.7 Å². The number of ketones is 1. The molecule has 1 N–H and O–H groups in total. The van der Waals surface area contributed by atoms with Crippen molar-refractivity contribution >= 4 is 5.78 Å². The van der Waals surface area contributed by atoms with Gasteiger partial charge in [-0.05, 0) is 18.0 Å². The average Bonchev–Trinajstić information content (AvgIpc) is 2.45. The lowest BCUT2D eigenvalue weighted by atomic mass is 9.86. The first-order valence-corrected chi connectivity index (χ1v) is 7.67. The Kier molecular flexibility index (Phi) is 5.14. The highest BCUT2D eigenvalue weighted by Gasteiger charge is 2.16. The number of nitrogens with one attached hydrogen (secondary N) is 1. The number of rotatable bonds is 4. The van der Waals surface area contributed by atoms with Gasteiger partial charge in [-0.3, -0.25) is 4.79 Å². The summed E-state index contributed by atoms with van der Waals surface area (Å²) in [5, 5.41) is 2.14. The Labute approximate surface area is 128 Å². The molecule has 0 aliphatic carbocycles. The molecule has 0 aromatic heterocycles. The van der Waals surface area contributed by atoms with Crippen LogP contribution in [-0.4, -0.2) is 55.5 Å². The first-order valence-electron chi connectivity index (χ1n) is 7.67. The van der Waals surface area contributed by atoms with Crippen molar-refractivity contribution in [3.8, 4) is 0 Å². The lowest BCUT2D eigenvalue weighted by Gasteiger charge is -2.32. The number of carbonyl (C=O) groups excluding carboxylic acids is 1. The van der Waals surface area contributed by atoms with E-state index in [1.54, 1.807) is 0 Å². The Morgan fingerprint density at radius 2 is 1.67 bits per heavy atom. The van der Waals surface area contributed by atoms with E-state index in [9.17, 15) is 4.79 Å². The fourth-order valence-electron chi connectivity index (χ4n) is 2.41. The number of nitrogens with zero attached hydrogens (tertiary/aromatic N) is 2. The first kappa shape index (κ1) is 16.1. The molecule has 116 valence electrons. The summed E-state index contributed by atoms with van der Waals surface area (Å²) in [7, 11) is 2.12. The van der Waals surface area contributed by atoms with E-state index >= 15 is 0 Å². The Balaban J connectivity index is 1.86. The highest BCUT2D eigenvalue weighted by Crippen LogP contribution is 2.22. The lowest BCUT2D eigenvalue weighted by molar-refractivity contribution is 0.0838. The monoisotopic (exact) mass is 289 g/mol. The largest absolute Gasteiger partial charge is 0.304 e. The molecule has 1 heterocycles. The number of benzene rings is 1. The molecule has 0 amide bonds. The highest BCUT2D eigenvalue weighted by molar-refractivity contribution is 5.97. The fraction of sp³-hybridized carbons (Fsp3) is 0.588. The number of carbonyl (C=O) groups is 1. The van der Waals surface area contributed by atoms with Crippen LogP contribution in [0.3, 0.4) is 0 Å². The Morgan fingerprint density at radius 3 is 2.19 bits per heavy atom. The fourth-order valence-corrected chi connectivity index (χ4v) is 2.41. The van der Waals surface area contributed by atoms with Crippen LogP contribution in [0, 0.1) is 0 Å². The normalized spacial score (nSPS) is 17.9. The molecule has 0 saturated carbocycles. The van der Waals surface area contributed by atoms with Gasteiger partial charge >= 0.3 is 0 Å². The number of hydrogen-bond donors (Lipinski definition) is 1. The third-order valence-corrected chi connectivity index (χ3v) is 4.04. The van der Waals surface area contributed by atoms with Crippen molar-refractivity contribution in [1.29, 1.82) is 0 Å². The maximum absolute atomic E-state index is 12.2. The van der Waals surface area contributed by atoms with Crippen LogP contribution in [0.5, 0.6) is 0 Å². The number of Topliss-reactive ketones (excluding diaryl/α,β-unsaturated/α-hetero) is 1. The molecule has 4 nitrogen and oxygen atoms in total. The lowest BCUT2D eigenvalue weighted by Crippen LogP contribution is -2.51. The Hall–Kier alpha value is -1.23. The van der Waals surface area contributed by atoms with Gasteiger partial charge in [0.2, 0.25) is 0 Å². The van der Waals surface area contributed by atoms with Gasteiger partial charge < -0.3 is 4.90 Å². The van der Waals surface area contributed by atoms with Crippen molar-refractivity contribution in [2.24, 2.45) is 0 Å². The molecule has 0 unspecified atom stereocenters. The van der Waals surface area contributed by atoms with Gasteiger partial charge in [-0.2, -0.15) is 0 Å². The molecule has 1 aliphatic rings. The zero-order valence-corrected chi connectivity index (χ0v) is 13.6. The van der Waals surface area contributed by atoms with Crippen LogP contribution in [0.4, 0.5) is 0 Å². The van der Waals surface area contributed by atoms with Crippen molar-refractivity contribution in [3.63, 3.8) is 0 Å².